The summed E-state index contributed by atoms with van der Waals surface area (Å²) in [5, 5.41) is 16.3. The van der Waals surface area contributed by atoms with Gasteiger partial charge in [0.05, 0.1) is 19.1 Å². The van der Waals surface area contributed by atoms with Crippen molar-refractivity contribution < 1.29 is 28.8 Å². The lowest BCUT2D eigenvalue weighted by atomic mass is 10.1. The minimum absolute atomic E-state index is 0.0827. The van der Waals surface area contributed by atoms with Crippen LogP contribution >= 0.6 is 0 Å². The molecule has 0 saturated heterocycles. The molecule has 0 unspecified atom stereocenters. The number of nitro groups is 1. The summed E-state index contributed by atoms with van der Waals surface area (Å²) in [6.07, 6.45) is 4.50. The van der Waals surface area contributed by atoms with Crippen LogP contribution in [0.1, 0.15) is 31.8 Å². The van der Waals surface area contributed by atoms with Crippen molar-refractivity contribution in [3.8, 4) is 11.5 Å². The summed E-state index contributed by atoms with van der Waals surface area (Å²) < 4.78 is 10.5. The largest absolute Gasteiger partial charge is 0.493 e. The highest BCUT2D eigenvalue weighted by Crippen LogP contribution is 2.28. The molecule has 43 heavy (non-hydrogen) atoms. The molecule has 0 spiro atoms. The van der Waals surface area contributed by atoms with E-state index in [1.807, 2.05) is 0 Å². The van der Waals surface area contributed by atoms with Gasteiger partial charge in [-0.3, -0.25) is 24.5 Å². The molecule has 216 valence electrons. The molecule has 0 aliphatic carbocycles. The van der Waals surface area contributed by atoms with Gasteiger partial charge in [0.2, 0.25) is 0 Å². The van der Waals surface area contributed by atoms with Gasteiger partial charge in [-0.25, -0.2) is 0 Å². The quantitative estimate of drug-likeness (QED) is 0.0977. The topological polar surface area (TPSA) is 137 Å². The number of hydrogen-bond acceptors (Lipinski definition) is 7. The Kier molecular flexibility index (Phi) is 9.78. The summed E-state index contributed by atoms with van der Waals surface area (Å²) in [6.45, 7) is 0. The van der Waals surface area contributed by atoms with Crippen molar-refractivity contribution in [2.24, 2.45) is 0 Å². The highest BCUT2D eigenvalue weighted by Gasteiger charge is 2.16. The molecule has 0 aromatic heterocycles. The maximum absolute atomic E-state index is 13.2. The maximum Gasteiger partial charge on any atom is 0.272 e. The Morgan fingerprint density at radius 2 is 1.42 bits per heavy atom. The van der Waals surface area contributed by atoms with E-state index >= 15 is 0 Å². The van der Waals surface area contributed by atoms with Crippen LogP contribution in [0, 0.1) is 10.1 Å². The number of nitrogens with zero attached hydrogens (tertiary/aromatic N) is 1. The van der Waals surface area contributed by atoms with Crippen molar-refractivity contribution in [1.82, 2.24) is 5.32 Å². The number of rotatable bonds is 11. The average molecular weight is 578 g/mol. The second-order valence-corrected chi connectivity index (χ2v) is 9.07. The summed E-state index contributed by atoms with van der Waals surface area (Å²) in [7, 11) is 3.07. The normalized spacial score (nSPS) is 11.1. The van der Waals surface area contributed by atoms with E-state index in [2.05, 4.69) is 10.6 Å². The Bertz CT molecular complexity index is 1700. The molecule has 4 aromatic carbocycles. The number of nitrogens with one attached hydrogen (secondary N) is 2. The predicted molar refractivity (Wildman–Crippen MR) is 163 cm³/mol. The summed E-state index contributed by atoms with van der Waals surface area (Å²) in [6, 6.07) is 25.5. The fraction of sp³-hybridized carbons (Fsp3) is 0.0606. The molecule has 0 aliphatic heterocycles. The van der Waals surface area contributed by atoms with Crippen molar-refractivity contribution in [1.29, 1.82) is 0 Å². The van der Waals surface area contributed by atoms with E-state index in [1.165, 1.54) is 43.5 Å². The highest BCUT2D eigenvalue weighted by atomic mass is 16.6. The number of anilines is 1. The lowest BCUT2D eigenvalue weighted by Crippen LogP contribution is -2.30. The van der Waals surface area contributed by atoms with Crippen LogP contribution < -0.4 is 20.1 Å². The maximum atomic E-state index is 13.2. The van der Waals surface area contributed by atoms with Crippen LogP contribution in [0.25, 0.3) is 12.2 Å². The van der Waals surface area contributed by atoms with Crippen LogP contribution in [0.4, 0.5) is 11.4 Å². The van der Waals surface area contributed by atoms with Gasteiger partial charge >= 0.3 is 0 Å². The third-order valence-electron chi connectivity index (χ3n) is 6.21. The Balaban J connectivity index is 1.49. The number of ether oxygens (including phenoxy) is 2. The van der Waals surface area contributed by atoms with Gasteiger partial charge in [-0.1, -0.05) is 30.3 Å². The molecule has 4 aromatic rings. The number of hydrogen-bond donors (Lipinski definition) is 2. The third kappa shape index (κ3) is 8.01. The summed E-state index contributed by atoms with van der Waals surface area (Å²) >= 11 is 0. The number of benzene rings is 4. The minimum Gasteiger partial charge on any atom is -0.493 e. The molecule has 0 fully saturated rings. The van der Waals surface area contributed by atoms with Crippen molar-refractivity contribution in [2.45, 2.75) is 0 Å². The molecule has 2 amide bonds. The lowest BCUT2D eigenvalue weighted by molar-refractivity contribution is -0.384. The van der Waals surface area contributed by atoms with Crippen LogP contribution in [-0.4, -0.2) is 36.7 Å². The summed E-state index contributed by atoms with van der Waals surface area (Å²) in [4.78, 5) is 49.3. The Labute approximate surface area is 247 Å². The first-order valence-corrected chi connectivity index (χ1v) is 13.0. The molecule has 4 rings (SSSR count). The van der Waals surface area contributed by atoms with E-state index in [9.17, 15) is 24.5 Å². The molecule has 0 radical (unpaired) electrons. The zero-order valence-electron chi connectivity index (χ0n) is 23.3. The van der Waals surface area contributed by atoms with Crippen molar-refractivity contribution in [3.63, 3.8) is 0 Å². The van der Waals surface area contributed by atoms with E-state index in [4.69, 9.17) is 9.47 Å². The Morgan fingerprint density at radius 3 is 2.05 bits per heavy atom. The van der Waals surface area contributed by atoms with Gasteiger partial charge < -0.3 is 20.1 Å². The number of methoxy groups -OCH3 is 2. The van der Waals surface area contributed by atoms with Crippen molar-refractivity contribution in [2.75, 3.05) is 19.5 Å². The first-order valence-electron chi connectivity index (χ1n) is 13.0. The number of carbonyl (C=O) groups is 3. The number of nitro benzene ring substituents is 1. The second kappa shape index (κ2) is 14.0. The number of allylic oxidation sites excluding steroid dienone is 1. The van der Waals surface area contributed by atoms with Crippen molar-refractivity contribution in [3.05, 3.63) is 141 Å². The standard InChI is InChI=1S/C33H27N3O7/c1-42-30-19-11-23(21-31(30)43-2)10-18-29(37)24-12-14-26(15-13-24)34-33(39)28(35-32(38)25-6-4-3-5-7-25)20-22-8-16-27(17-9-22)36(40)41/h3-21H,1-2H3,(H,34,39)(H,35,38)/b18-10+,28-20-. The summed E-state index contributed by atoms with van der Waals surface area (Å²) in [5.74, 6) is -0.268. The SMILES string of the molecule is COc1ccc(/C=C/C(=O)c2ccc(NC(=O)/C(=C/c3ccc([N+](=O)[O-])cc3)NC(=O)c3ccccc3)cc2)cc1OC. The van der Waals surface area contributed by atoms with Gasteiger partial charge in [-0.05, 0) is 83.9 Å². The molecule has 0 aliphatic rings. The van der Waals surface area contributed by atoms with Crippen LogP contribution in [0.5, 0.6) is 11.5 Å². The highest BCUT2D eigenvalue weighted by molar-refractivity contribution is 6.11. The zero-order chi connectivity index (χ0) is 30.8. The summed E-state index contributed by atoms with van der Waals surface area (Å²) in [5.41, 5.74) is 2.15. The molecule has 2 N–H and O–H groups in total. The molecule has 0 saturated carbocycles. The van der Waals surface area contributed by atoms with Crippen LogP contribution in [0.15, 0.2) is 109 Å². The predicted octanol–water partition coefficient (Wildman–Crippen LogP) is 5.92. The average Bonchev–Trinajstić information content (AvgIpc) is 3.04. The first kappa shape index (κ1) is 29.9. The van der Waals surface area contributed by atoms with Crippen LogP contribution in [0.2, 0.25) is 0 Å². The van der Waals surface area contributed by atoms with Crippen LogP contribution in [-0.2, 0) is 4.79 Å². The molecule has 0 heterocycles. The molecule has 10 heteroatoms. The first-order chi connectivity index (χ1) is 20.8. The fourth-order valence-corrected chi connectivity index (χ4v) is 3.94. The molecule has 0 bridgehead atoms. The van der Waals surface area contributed by atoms with Crippen LogP contribution in [0.3, 0.4) is 0 Å². The molecule has 10 nitrogen and oxygen atoms in total. The molecular formula is C33H27N3O7. The Hall–Kier alpha value is -6.03. The van der Waals surface area contributed by atoms with Gasteiger partial charge in [0.1, 0.15) is 5.70 Å². The minimum atomic E-state index is -0.630. The van der Waals surface area contributed by atoms with Gasteiger partial charge in [0.25, 0.3) is 17.5 Å². The molecular weight excluding hydrogens is 550 g/mol. The number of ketones is 1. The van der Waals surface area contributed by atoms with E-state index in [1.54, 1.807) is 86.0 Å². The van der Waals surface area contributed by atoms with E-state index in [-0.39, 0.29) is 17.2 Å². The number of amides is 2. The van der Waals surface area contributed by atoms with Gasteiger partial charge in [-0.15, -0.1) is 0 Å². The molecule has 0 atom stereocenters. The van der Waals surface area contributed by atoms with E-state index < -0.39 is 16.7 Å². The number of non-ortho nitro benzene ring substituents is 1. The van der Waals surface area contributed by atoms with Gasteiger partial charge in [0.15, 0.2) is 17.3 Å². The van der Waals surface area contributed by atoms with E-state index in [0.717, 1.165) is 5.56 Å². The number of carbonyl (C=O) groups excluding carboxylic acids is 3. The Morgan fingerprint density at radius 1 is 0.767 bits per heavy atom. The lowest BCUT2D eigenvalue weighted by Gasteiger charge is -2.12. The van der Waals surface area contributed by atoms with Gasteiger partial charge in [-0.2, -0.15) is 0 Å². The van der Waals surface area contributed by atoms with Crippen molar-refractivity contribution >= 4 is 41.1 Å². The van der Waals surface area contributed by atoms with E-state index in [0.29, 0.717) is 33.9 Å². The smallest absolute Gasteiger partial charge is 0.272 e. The monoisotopic (exact) mass is 577 g/mol. The second-order valence-electron chi connectivity index (χ2n) is 9.07. The third-order valence-corrected chi connectivity index (χ3v) is 6.21. The van der Waals surface area contributed by atoms with Gasteiger partial charge in [0, 0.05) is 28.9 Å². The fourth-order valence-electron chi connectivity index (χ4n) is 3.94. The zero-order valence-corrected chi connectivity index (χ0v) is 23.3.